The van der Waals surface area contributed by atoms with Crippen molar-refractivity contribution in [2.24, 2.45) is 5.92 Å². The van der Waals surface area contributed by atoms with E-state index in [1.165, 1.54) is 6.42 Å². The largest absolute Gasteiger partial charge is 0.352 e. The Hall–Kier alpha value is -0.570. The van der Waals surface area contributed by atoms with Crippen LogP contribution in [-0.2, 0) is 4.79 Å². The van der Waals surface area contributed by atoms with Gasteiger partial charge in [0.1, 0.15) is 0 Å². The zero-order chi connectivity index (χ0) is 12.7. The molecule has 1 amide bonds. The standard InChI is InChI=1S/C14H28N2O/c1-4-7-12(8-5-2)14(17)16-13-9-6-10-15-11(13)3/h11-13,15H,4-10H2,1-3H3,(H,16,17). The van der Waals surface area contributed by atoms with Gasteiger partial charge in [-0.1, -0.05) is 26.7 Å². The van der Waals surface area contributed by atoms with Crippen LogP contribution in [0.3, 0.4) is 0 Å². The maximum Gasteiger partial charge on any atom is 0.223 e. The molecule has 1 fully saturated rings. The maximum absolute atomic E-state index is 12.2. The highest BCUT2D eigenvalue weighted by atomic mass is 16.1. The normalized spacial score (nSPS) is 24.9. The van der Waals surface area contributed by atoms with E-state index in [9.17, 15) is 4.79 Å². The molecule has 0 aromatic carbocycles. The summed E-state index contributed by atoms with van der Waals surface area (Å²) < 4.78 is 0. The van der Waals surface area contributed by atoms with E-state index >= 15 is 0 Å². The molecule has 1 rings (SSSR count). The lowest BCUT2D eigenvalue weighted by Gasteiger charge is -2.32. The highest BCUT2D eigenvalue weighted by molar-refractivity contribution is 5.79. The predicted octanol–water partition coefficient (Wildman–Crippen LogP) is 2.46. The fraction of sp³-hybridized carbons (Fsp3) is 0.929. The van der Waals surface area contributed by atoms with Crippen molar-refractivity contribution in [2.75, 3.05) is 6.54 Å². The Bertz CT molecular complexity index is 224. The summed E-state index contributed by atoms with van der Waals surface area (Å²) in [5, 5.41) is 6.66. The summed E-state index contributed by atoms with van der Waals surface area (Å²) in [5.41, 5.74) is 0. The number of nitrogens with one attached hydrogen (secondary N) is 2. The lowest BCUT2D eigenvalue weighted by atomic mass is 9.94. The van der Waals surface area contributed by atoms with Crippen molar-refractivity contribution in [3.8, 4) is 0 Å². The third kappa shape index (κ3) is 4.66. The van der Waals surface area contributed by atoms with Gasteiger partial charge >= 0.3 is 0 Å². The van der Waals surface area contributed by atoms with Crippen molar-refractivity contribution >= 4 is 5.91 Å². The highest BCUT2D eigenvalue weighted by Gasteiger charge is 2.25. The van der Waals surface area contributed by atoms with Gasteiger partial charge in [0.15, 0.2) is 0 Å². The Morgan fingerprint density at radius 1 is 1.35 bits per heavy atom. The van der Waals surface area contributed by atoms with Gasteiger partial charge < -0.3 is 10.6 Å². The molecule has 0 aliphatic carbocycles. The first kappa shape index (κ1) is 14.5. The van der Waals surface area contributed by atoms with Gasteiger partial charge in [-0.2, -0.15) is 0 Å². The Labute approximate surface area is 106 Å². The van der Waals surface area contributed by atoms with Gasteiger partial charge in [-0.3, -0.25) is 4.79 Å². The molecule has 2 N–H and O–H groups in total. The third-order valence-electron chi connectivity index (χ3n) is 3.73. The van der Waals surface area contributed by atoms with E-state index in [2.05, 4.69) is 31.4 Å². The zero-order valence-corrected chi connectivity index (χ0v) is 11.6. The molecule has 1 saturated heterocycles. The number of carbonyl (C=O) groups is 1. The van der Waals surface area contributed by atoms with Crippen LogP contribution in [0.4, 0.5) is 0 Å². The number of carbonyl (C=O) groups excluding carboxylic acids is 1. The Kier molecular flexibility index (Phi) is 6.56. The summed E-state index contributed by atoms with van der Waals surface area (Å²) in [7, 11) is 0. The molecule has 1 heterocycles. The second-order valence-electron chi connectivity index (χ2n) is 5.27. The Balaban J connectivity index is 2.44. The number of rotatable bonds is 6. The Morgan fingerprint density at radius 3 is 2.53 bits per heavy atom. The van der Waals surface area contributed by atoms with Crippen LogP contribution in [0, 0.1) is 5.92 Å². The first-order valence-electron chi connectivity index (χ1n) is 7.22. The van der Waals surface area contributed by atoms with E-state index in [0.29, 0.717) is 12.1 Å². The van der Waals surface area contributed by atoms with E-state index in [1.54, 1.807) is 0 Å². The number of hydrogen-bond donors (Lipinski definition) is 2. The lowest BCUT2D eigenvalue weighted by molar-refractivity contribution is -0.126. The molecule has 0 radical (unpaired) electrons. The minimum Gasteiger partial charge on any atom is -0.352 e. The van der Waals surface area contributed by atoms with E-state index < -0.39 is 0 Å². The smallest absolute Gasteiger partial charge is 0.223 e. The van der Waals surface area contributed by atoms with Crippen molar-refractivity contribution in [3.63, 3.8) is 0 Å². The summed E-state index contributed by atoms with van der Waals surface area (Å²) in [6.45, 7) is 7.56. The van der Waals surface area contributed by atoms with E-state index in [4.69, 9.17) is 0 Å². The third-order valence-corrected chi connectivity index (χ3v) is 3.73. The fourth-order valence-corrected chi connectivity index (χ4v) is 2.65. The summed E-state index contributed by atoms with van der Waals surface area (Å²) in [5.74, 6) is 0.494. The average Bonchev–Trinajstić information content (AvgIpc) is 2.32. The Morgan fingerprint density at radius 2 is 2.00 bits per heavy atom. The molecule has 0 aromatic heterocycles. The number of hydrogen-bond acceptors (Lipinski definition) is 2. The van der Waals surface area contributed by atoms with Crippen molar-refractivity contribution in [1.82, 2.24) is 10.6 Å². The van der Waals surface area contributed by atoms with Crippen LogP contribution >= 0.6 is 0 Å². The molecule has 17 heavy (non-hydrogen) atoms. The van der Waals surface area contributed by atoms with E-state index in [0.717, 1.165) is 38.6 Å². The predicted molar refractivity (Wildman–Crippen MR) is 71.9 cm³/mol. The minimum atomic E-state index is 0.221. The molecule has 2 unspecified atom stereocenters. The van der Waals surface area contributed by atoms with Crippen LogP contribution in [0.15, 0.2) is 0 Å². The second-order valence-corrected chi connectivity index (χ2v) is 5.27. The monoisotopic (exact) mass is 240 g/mol. The van der Waals surface area contributed by atoms with Crippen molar-refractivity contribution in [3.05, 3.63) is 0 Å². The molecular formula is C14H28N2O. The topological polar surface area (TPSA) is 41.1 Å². The zero-order valence-electron chi connectivity index (χ0n) is 11.6. The van der Waals surface area contributed by atoms with Crippen LogP contribution in [-0.4, -0.2) is 24.5 Å². The first-order chi connectivity index (χ1) is 8.19. The van der Waals surface area contributed by atoms with Gasteiger partial charge in [0, 0.05) is 18.0 Å². The molecule has 0 saturated carbocycles. The summed E-state index contributed by atoms with van der Waals surface area (Å²) in [6.07, 6.45) is 6.52. The number of amides is 1. The molecule has 1 aliphatic rings. The molecule has 0 spiro atoms. The SMILES string of the molecule is CCCC(CCC)C(=O)NC1CCCNC1C. The molecule has 0 aromatic rings. The molecule has 3 heteroatoms. The van der Waals surface area contributed by atoms with Crippen LogP contribution in [0.2, 0.25) is 0 Å². The summed E-state index contributed by atoms with van der Waals surface area (Å²) in [4.78, 5) is 12.2. The van der Waals surface area contributed by atoms with Crippen molar-refractivity contribution in [2.45, 2.75) is 71.4 Å². The molecule has 0 bridgehead atoms. The van der Waals surface area contributed by atoms with Crippen LogP contribution in [0.5, 0.6) is 0 Å². The fourth-order valence-electron chi connectivity index (χ4n) is 2.65. The summed E-state index contributed by atoms with van der Waals surface area (Å²) in [6, 6.07) is 0.740. The first-order valence-corrected chi connectivity index (χ1v) is 7.22. The molecule has 1 aliphatic heterocycles. The van der Waals surface area contributed by atoms with Crippen LogP contribution < -0.4 is 10.6 Å². The second kappa shape index (κ2) is 7.70. The van der Waals surface area contributed by atoms with Gasteiger partial charge in [-0.25, -0.2) is 0 Å². The van der Waals surface area contributed by atoms with E-state index in [-0.39, 0.29) is 11.8 Å². The highest BCUT2D eigenvalue weighted by Crippen LogP contribution is 2.15. The van der Waals surface area contributed by atoms with Crippen molar-refractivity contribution in [1.29, 1.82) is 0 Å². The van der Waals surface area contributed by atoms with E-state index in [1.807, 2.05) is 0 Å². The van der Waals surface area contributed by atoms with Crippen molar-refractivity contribution < 1.29 is 4.79 Å². The molecule has 100 valence electrons. The quantitative estimate of drug-likeness (QED) is 0.749. The number of piperidine rings is 1. The average molecular weight is 240 g/mol. The minimum absolute atomic E-state index is 0.221. The van der Waals surface area contributed by atoms with Crippen LogP contribution in [0.25, 0.3) is 0 Å². The van der Waals surface area contributed by atoms with Gasteiger partial charge in [0.05, 0.1) is 0 Å². The molecule has 3 nitrogen and oxygen atoms in total. The molecule has 2 atom stereocenters. The summed E-state index contributed by atoms with van der Waals surface area (Å²) >= 11 is 0. The van der Waals surface area contributed by atoms with Gasteiger partial charge in [-0.05, 0) is 39.2 Å². The maximum atomic E-state index is 12.2. The van der Waals surface area contributed by atoms with Gasteiger partial charge in [0.2, 0.25) is 5.91 Å². The molecular weight excluding hydrogens is 212 g/mol. The van der Waals surface area contributed by atoms with Gasteiger partial charge in [0.25, 0.3) is 0 Å². The van der Waals surface area contributed by atoms with Crippen LogP contribution in [0.1, 0.15) is 59.3 Å². The van der Waals surface area contributed by atoms with Gasteiger partial charge in [-0.15, -0.1) is 0 Å². The lowest BCUT2D eigenvalue weighted by Crippen LogP contribution is -2.53.